The average Bonchev–Trinajstić information content (AvgIpc) is 2.67. The highest BCUT2D eigenvalue weighted by atomic mass is 32.2. The molecule has 1 amide bonds. The second-order valence-electron chi connectivity index (χ2n) is 6.49. The van der Waals surface area contributed by atoms with Gasteiger partial charge in [-0.15, -0.1) is 0 Å². The molecule has 152 valence electrons. The Bertz CT molecular complexity index is 893. The van der Waals surface area contributed by atoms with Gasteiger partial charge in [0, 0.05) is 18.7 Å². The van der Waals surface area contributed by atoms with Crippen molar-refractivity contribution in [2.24, 2.45) is 0 Å². The lowest BCUT2D eigenvalue weighted by atomic mass is 9.97. The van der Waals surface area contributed by atoms with Gasteiger partial charge in [0.05, 0.1) is 24.7 Å². The van der Waals surface area contributed by atoms with Gasteiger partial charge < -0.3 is 14.6 Å². The molecule has 2 aromatic rings. The largest absolute Gasteiger partial charge is 0.497 e. The van der Waals surface area contributed by atoms with E-state index in [0.29, 0.717) is 11.4 Å². The molecule has 3 N–H and O–H groups in total. The first-order valence-corrected chi connectivity index (χ1v) is 9.93. The molecule has 9 heteroatoms. The molecule has 8 nitrogen and oxygen atoms in total. The van der Waals surface area contributed by atoms with E-state index in [1.165, 1.54) is 31.4 Å². The van der Waals surface area contributed by atoms with Gasteiger partial charge in [-0.25, -0.2) is 17.9 Å². The fourth-order valence-electron chi connectivity index (χ4n) is 2.47. The number of anilines is 1. The molecule has 0 bridgehead atoms. The van der Waals surface area contributed by atoms with Gasteiger partial charge in [-0.3, -0.25) is 5.32 Å². The Hall–Kier alpha value is -2.62. The third-order valence-corrected chi connectivity index (χ3v) is 5.40. The molecule has 0 unspecified atom stereocenters. The van der Waals surface area contributed by atoms with Gasteiger partial charge >= 0.3 is 6.09 Å². The number of hydrogen-bond acceptors (Lipinski definition) is 6. The summed E-state index contributed by atoms with van der Waals surface area (Å²) in [6, 6.07) is 12.8. The van der Waals surface area contributed by atoms with Crippen LogP contribution in [0.4, 0.5) is 10.5 Å². The van der Waals surface area contributed by atoms with Crippen molar-refractivity contribution in [3.05, 3.63) is 54.1 Å². The number of benzene rings is 2. The van der Waals surface area contributed by atoms with E-state index in [1.807, 2.05) is 12.1 Å². The van der Waals surface area contributed by atoms with Crippen LogP contribution in [-0.2, 0) is 21.2 Å². The topological polar surface area (TPSA) is 114 Å². The van der Waals surface area contributed by atoms with Crippen LogP contribution in [0.2, 0.25) is 0 Å². The van der Waals surface area contributed by atoms with Crippen molar-refractivity contribution in [3.63, 3.8) is 0 Å². The van der Waals surface area contributed by atoms with Crippen molar-refractivity contribution in [2.45, 2.75) is 23.8 Å². The molecule has 0 aromatic heterocycles. The first-order valence-electron chi connectivity index (χ1n) is 8.45. The van der Waals surface area contributed by atoms with Gasteiger partial charge in [-0.1, -0.05) is 12.1 Å². The number of rotatable bonds is 8. The Balaban J connectivity index is 1.99. The van der Waals surface area contributed by atoms with Crippen molar-refractivity contribution < 1.29 is 27.8 Å². The lowest BCUT2D eigenvalue weighted by Gasteiger charge is -2.24. The minimum atomic E-state index is -3.82. The number of nitrogens with one attached hydrogen (secondary N) is 2. The van der Waals surface area contributed by atoms with E-state index >= 15 is 0 Å². The van der Waals surface area contributed by atoms with Gasteiger partial charge in [-0.05, 0) is 48.9 Å². The average molecular weight is 408 g/mol. The molecule has 0 saturated heterocycles. The number of ether oxygens (including phenoxy) is 2. The standard InChI is InChI=1S/C19H24N2O6S/c1-19(23,12-14-4-8-16(26-2)9-5-14)13-20-28(24,25)17-10-6-15(7-11-17)21-18(22)27-3/h4-11,20,23H,12-13H2,1-3H3,(H,21,22)/t19-/m0/s1. The third-order valence-electron chi connectivity index (χ3n) is 3.98. The highest BCUT2D eigenvalue weighted by molar-refractivity contribution is 7.89. The quantitative estimate of drug-likeness (QED) is 0.617. The Kier molecular flexibility index (Phi) is 7.00. The summed E-state index contributed by atoms with van der Waals surface area (Å²) in [6.07, 6.45) is -0.384. The maximum absolute atomic E-state index is 12.5. The summed E-state index contributed by atoms with van der Waals surface area (Å²) in [6.45, 7) is 1.40. The second kappa shape index (κ2) is 9.05. The molecule has 0 aliphatic heterocycles. The van der Waals surface area contributed by atoms with Gasteiger partial charge in [-0.2, -0.15) is 0 Å². The SMILES string of the molecule is COC(=O)Nc1ccc(S(=O)(=O)NC[C@@](C)(O)Cc2ccc(OC)cc2)cc1. The zero-order chi connectivity index (χ0) is 20.8. The van der Waals surface area contributed by atoms with Gasteiger partial charge in [0.1, 0.15) is 5.75 Å². The number of hydrogen-bond donors (Lipinski definition) is 3. The summed E-state index contributed by atoms with van der Waals surface area (Å²) in [5.41, 5.74) is -0.0332. The molecule has 0 aliphatic carbocycles. The van der Waals surface area contributed by atoms with Crippen molar-refractivity contribution in [3.8, 4) is 5.75 Å². The number of methoxy groups -OCH3 is 2. The van der Waals surface area contributed by atoms with E-state index in [-0.39, 0.29) is 17.9 Å². The molecule has 1 atom stereocenters. The maximum atomic E-state index is 12.5. The number of sulfonamides is 1. The van der Waals surface area contributed by atoms with Crippen LogP contribution in [-0.4, -0.2) is 46.0 Å². The van der Waals surface area contributed by atoms with Crippen LogP contribution in [0.1, 0.15) is 12.5 Å². The van der Waals surface area contributed by atoms with Crippen molar-refractivity contribution in [1.82, 2.24) is 4.72 Å². The van der Waals surface area contributed by atoms with Crippen LogP contribution >= 0.6 is 0 Å². The Morgan fingerprint density at radius 1 is 1.07 bits per heavy atom. The predicted octanol–water partition coefficient (Wildman–Crippen LogP) is 2.15. The summed E-state index contributed by atoms with van der Waals surface area (Å²) in [4.78, 5) is 11.2. The zero-order valence-electron chi connectivity index (χ0n) is 15.9. The van der Waals surface area contributed by atoms with Crippen molar-refractivity contribution >= 4 is 21.8 Å². The van der Waals surface area contributed by atoms with Crippen LogP contribution in [0, 0.1) is 0 Å². The van der Waals surface area contributed by atoms with Crippen LogP contribution in [0.15, 0.2) is 53.4 Å². The van der Waals surface area contributed by atoms with Gasteiger partial charge in [0.25, 0.3) is 0 Å². The fraction of sp³-hybridized carbons (Fsp3) is 0.316. The fourth-order valence-corrected chi connectivity index (χ4v) is 3.63. The first-order chi connectivity index (χ1) is 13.1. The molecular formula is C19H24N2O6S. The van der Waals surface area contributed by atoms with E-state index in [2.05, 4.69) is 14.8 Å². The van der Waals surface area contributed by atoms with E-state index in [4.69, 9.17) is 4.74 Å². The second-order valence-corrected chi connectivity index (χ2v) is 8.25. The number of carbonyl (C=O) groups excluding carboxylic acids is 1. The third kappa shape index (κ3) is 6.22. The first kappa shape index (κ1) is 21.7. The molecule has 0 saturated carbocycles. The molecule has 28 heavy (non-hydrogen) atoms. The smallest absolute Gasteiger partial charge is 0.411 e. The molecule has 2 aromatic carbocycles. The Labute approximate surface area is 164 Å². The summed E-state index contributed by atoms with van der Waals surface area (Å²) < 4.78 is 36.9. The molecule has 0 spiro atoms. The molecule has 0 aliphatic rings. The van der Waals surface area contributed by atoms with Crippen LogP contribution in [0.25, 0.3) is 0 Å². The van der Waals surface area contributed by atoms with Crippen molar-refractivity contribution in [1.29, 1.82) is 0 Å². The van der Waals surface area contributed by atoms with E-state index in [1.54, 1.807) is 26.2 Å². The Morgan fingerprint density at radius 2 is 1.68 bits per heavy atom. The monoisotopic (exact) mass is 408 g/mol. The summed E-state index contributed by atoms with van der Waals surface area (Å²) >= 11 is 0. The van der Waals surface area contributed by atoms with E-state index in [0.717, 1.165) is 5.56 Å². The summed E-state index contributed by atoms with van der Waals surface area (Å²) in [7, 11) is -1.02. The molecule has 0 radical (unpaired) electrons. The van der Waals surface area contributed by atoms with Gasteiger partial charge in [0.2, 0.25) is 10.0 Å². The van der Waals surface area contributed by atoms with Crippen molar-refractivity contribution in [2.75, 3.05) is 26.1 Å². The molecule has 0 fully saturated rings. The normalized spacial score (nSPS) is 13.4. The number of carbonyl (C=O) groups is 1. The highest BCUT2D eigenvalue weighted by Crippen LogP contribution is 2.18. The predicted molar refractivity (Wildman–Crippen MR) is 105 cm³/mol. The van der Waals surface area contributed by atoms with Crippen LogP contribution in [0.5, 0.6) is 5.75 Å². The van der Waals surface area contributed by atoms with E-state index < -0.39 is 21.7 Å². The Morgan fingerprint density at radius 3 is 2.21 bits per heavy atom. The molecule has 2 rings (SSSR count). The minimum Gasteiger partial charge on any atom is -0.497 e. The number of aliphatic hydroxyl groups is 1. The zero-order valence-corrected chi connectivity index (χ0v) is 16.7. The van der Waals surface area contributed by atoms with Crippen LogP contribution in [0.3, 0.4) is 0 Å². The molecule has 0 heterocycles. The maximum Gasteiger partial charge on any atom is 0.411 e. The molecular weight excluding hydrogens is 384 g/mol. The highest BCUT2D eigenvalue weighted by Gasteiger charge is 2.25. The van der Waals surface area contributed by atoms with E-state index in [9.17, 15) is 18.3 Å². The summed E-state index contributed by atoms with van der Waals surface area (Å²) in [5, 5.41) is 13.0. The lowest BCUT2D eigenvalue weighted by molar-refractivity contribution is 0.0657. The lowest BCUT2D eigenvalue weighted by Crippen LogP contribution is -2.42. The number of amides is 1. The van der Waals surface area contributed by atoms with Crippen LogP contribution < -0.4 is 14.8 Å². The van der Waals surface area contributed by atoms with Gasteiger partial charge in [0.15, 0.2) is 0 Å². The minimum absolute atomic E-state index is 0.0168. The summed E-state index contributed by atoms with van der Waals surface area (Å²) in [5.74, 6) is 0.703.